The van der Waals surface area contributed by atoms with Crippen molar-refractivity contribution in [2.45, 2.75) is 68.3 Å². The van der Waals surface area contributed by atoms with E-state index in [0.29, 0.717) is 24.6 Å². The summed E-state index contributed by atoms with van der Waals surface area (Å²) in [6.07, 6.45) is 7.38. The highest BCUT2D eigenvalue weighted by Gasteiger charge is 2.54. The van der Waals surface area contributed by atoms with E-state index in [1.807, 2.05) is 5.38 Å². The Balaban J connectivity index is 1.30. The number of benzene rings is 1. The molecule has 1 aromatic heterocycles. The van der Waals surface area contributed by atoms with Crippen molar-refractivity contribution in [2.24, 2.45) is 17.8 Å². The van der Waals surface area contributed by atoms with Crippen molar-refractivity contribution in [1.82, 2.24) is 9.88 Å². The Hall–Kier alpha value is -1.93. The molecule has 5 nitrogen and oxygen atoms in total. The molecule has 182 valence electrons. The summed E-state index contributed by atoms with van der Waals surface area (Å²) >= 11 is 2.90. The van der Waals surface area contributed by atoms with Gasteiger partial charge >= 0.3 is 5.97 Å². The maximum absolute atomic E-state index is 13.7. The van der Waals surface area contributed by atoms with E-state index in [1.165, 1.54) is 54.5 Å². The topological polar surface area (TPSA) is 59.5 Å². The molecule has 4 aliphatic carbocycles. The van der Waals surface area contributed by atoms with Crippen molar-refractivity contribution in [3.05, 3.63) is 46.7 Å². The molecule has 8 heteroatoms. The molecule has 0 saturated heterocycles. The molecule has 4 aliphatic rings. The lowest BCUT2D eigenvalue weighted by Gasteiger charge is -2.60. The molecule has 0 atom stereocenters. The molecular formula is C26H31FN2O3S2. The molecule has 0 N–H and O–H groups in total. The fourth-order valence-electron chi connectivity index (χ4n) is 6.69. The highest BCUT2D eigenvalue weighted by Crippen LogP contribution is 2.58. The van der Waals surface area contributed by atoms with Crippen LogP contribution < -0.4 is 0 Å². The molecule has 1 heterocycles. The van der Waals surface area contributed by atoms with E-state index in [2.05, 4.69) is 9.88 Å². The third-order valence-electron chi connectivity index (χ3n) is 7.61. The second-order valence-electron chi connectivity index (χ2n) is 10.1. The van der Waals surface area contributed by atoms with Crippen LogP contribution >= 0.6 is 23.1 Å². The van der Waals surface area contributed by atoms with E-state index < -0.39 is 0 Å². The molecule has 4 fully saturated rings. The number of carbonyl (C=O) groups excluding carboxylic acids is 2. The quantitative estimate of drug-likeness (QED) is 0.336. The summed E-state index contributed by atoms with van der Waals surface area (Å²) in [5, 5.41) is 1.86. The van der Waals surface area contributed by atoms with Crippen LogP contribution in [-0.2, 0) is 27.3 Å². The number of halogens is 1. The van der Waals surface area contributed by atoms with E-state index in [4.69, 9.17) is 4.74 Å². The van der Waals surface area contributed by atoms with Crippen LogP contribution in [0.4, 0.5) is 4.39 Å². The predicted molar refractivity (Wildman–Crippen MR) is 131 cm³/mol. The van der Waals surface area contributed by atoms with Gasteiger partial charge in [-0.15, -0.1) is 11.3 Å². The third-order valence-corrected chi connectivity index (χ3v) is 9.67. The monoisotopic (exact) mass is 502 g/mol. The van der Waals surface area contributed by atoms with E-state index >= 15 is 0 Å². The van der Waals surface area contributed by atoms with Crippen molar-refractivity contribution in [3.8, 4) is 0 Å². The number of hydrogen-bond acceptors (Lipinski definition) is 6. The van der Waals surface area contributed by atoms with Crippen LogP contribution in [0.5, 0.6) is 0 Å². The SMILES string of the molecule is CCOC(=O)Cc1csc(SCC(=O)N(Cc2ccc(F)cc2)C23CC4CC(CC(C4)C2)C3)n1. The average molecular weight is 503 g/mol. The standard InChI is InChI=1S/C26H31FN2O3S2/c1-2-32-24(31)10-22-15-33-25(28-22)34-16-23(30)29(14-17-3-5-21(27)6-4-17)26-11-18-7-19(12-26)9-20(8-18)13-26/h3-6,15,18-20H,2,7-14,16H2,1H3. The Morgan fingerprint density at radius 1 is 1.15 bits per heavy atom. The minimum atomic E-state index is -0.285. The number of thiazole rings is 1. The number of esters is 1. The second kappa shape index (κ2) is 9.97. The first kappa shape index (κ1) is 23.8. The van der Waals surface area contributed by atoms with Crippen LogP contribution in [0.3, 0.4) is 0 Å². The van der Waals surface area contributed by atoms with Crippen molar-refractivity contribution < 1.29 is 18.7 Å². The lowest BCUT2D eigenvalue weighted by atomic mass is 9.52. The fraction of sp³-hybridized carbons (Fsp3) is 0.577. The molecular weight excluding hydrogens is 471 g/mol. The summed E-state index contributed by atoms with van der Waals surface area (Å²) in [5.41, 5.74) is 1.59. The highest BCUT2D eigenvalue weighted by atomic mass is 32.2. The molecule has 34 heavy (non-hydrogen) atoms. The zero-order valence-corrected chi connectivity index (χ0v) is 21.1. The minimum absolute atomic E-state index is 0.0707. The Bertz CT molecular complexity index is 1000. The summed E-state index contributed by atoms with van der Waals surface area (Å²) in [4.78, 5) is 32.1. The molecule has 2 aromatic rings. The summed E-state index contributed by atoms with van der Waals surface area (Å²) in [6.45, 7) is 2.67. The van der Waals surface area contributed by atoms with Crippen LogP contribution in [0, 0.1) is 23.6 Å². The summed E-state index contributed by atoms with van der Waals surface area (Å²) in [5.74, 6) is 2.08. The molecule has 0 aliphatic heterocycles. The maximum Gasteiger partial charge on any atom is 0.311 e. The number of rotatable bonds is 9. The van der Waals surface area contributed by atoms with E-state index in [9.17, 15) is 14.0 Å². The van der Waals surface area contributed by atoms with Gasteiger partial charge in [0.1, 0.15) is 5.82 Å². The fourth-order valence-corrected chi connectivity index (χ4v) is 8.41. The van der Waals surface area contributed by atoms with Gasteiger partial charge in [0.2, 0.25) is 5.91 Å². The number of amides is 1. The second-order valence-corrected chi connectivity index (χ2v) is 12.2. The van der Waals surface area contributed by atoms with E-state index in [-0.39, 0.29) is 29.7 Å². The van der Waals surface area contributed by atoms with E-state index in [0.717, 1.165) is 46.9 Å². The summed E-state index contributed by atoms with van der Waals surface area (Å²) in [6, 6.07) is 6.55. The van der Waals surface area contributed by atoms with Gasteiger partial charge in [0.25, 0.3) is 0 Å². The van der Waals surface area contributed by atoms with Crippen molar-refractivity contribution in [2.75, 3.05) is 12.4 Å². The minimum Gasteiger partial charge on any atom is -0.466 e. The van der Waals surface area contributed by atoms with Gasteiger partial charge in [-0.1, -0.05) is 23.9 Å². The third kappa shape index (κ3) is 5.18. The number of carbonyl (C=O) groups is 2. The van der Waals surface area contributed by atoms with Crippen LogP contribution in [0.2, 0.25) is 0 Å². The predicted octanol–water partition coefficient (Wildman–Crippen LogP) is 5.48. The largest absolute Gasteiger partial charge is 0.466 e. The Kier molecular flexibility index (Phi) is 6.98. The smallest absolute Gasteiger partial charge is 0.311 e. The lowest BCUT2D eigenvalue weighted by molar-refractivity contribution is -0.149. The molecule has 6 rings (SSSR count). The Labute approximate surface area is 208 Å². The van der Waals surface area contributed by atoms with Gasteiger partial charge in [0, 0.05) is 17.5 Å². The van der Waals surface area contributed by atoms with Gasteiger partial charge in [0.05, 0.1) is 24.5 Å². The van der Waals surface area contributed by atoms with Crippen LogP contribution in [0.25, 0.3) is 0 Å². The molecule has 0 unspecified atom stereocenters. The molecule has 4 bridgehead atoms. The molecule has 1 aromatic carbocycles. The summed E-state index contributed by atoms with van der Waals surface area (Å²) < 4.78 is 19.3. The number of thioether (sulfide) groups is 1. The highest BCUT2D eigenvalue weighted by molar-refractivity contribution is 8.01. The first-order chi connectivity index (χ1) is 16.4. The Morgan fingerprint density at radius 2 is 1.79 bits per heavy atom. The van der Waals surface area contributed by atoms with Crippen LogP contribution in [-0.4, -0.2) is 39.7 Å². The number of ether oxygens (including phenoxy) is 1. The first-order valence-electron chi connectivity index (χ1n) is 12.2. The van der Waals surface area contributed by atoms with Gasteiger partial charge in [0.15, 0.2) is 4.34 Å². The lowest BCUT2D eigenvalue weighted by Crippen LogP contribution is -2.61. The van der Waals surface area contributed by atoms with Crippen molar-refractivity contribution in [3.63, 3.8) is 0 Å². The van der Waals surface area contributed by atoms with Crippen molar-refractivity contribution >= 4 is 35.0 Å². The zero-order valence-electron chi connectivity index (χ0n) is 19.5. The molecule has 1 amide bonds. The normalized spacial score (nSPS) is 27.1. The summed E-state index contributed by atoms with van der Waals surface area (Å²) in [7, 11) is 0. The van der Waals surface area contributed by atoms with Crippen molar-refractivity contribution in [1.29, 1.82) is 0 Å². The van der Waals surface area contributed by atoms with Gasteiger partial charge in [-0.05, 0) is 80.9 Å². The molecule has 4 saturated carbocycles. The number of nitrogens with zero attached hydrogens (tertiary/aromatic N) is 2. The zero-order chi connectivity index (χ0) is 23.7. The van der Waals surface area contributed by atoms with E-state index in [1.54, 1.807) is 19.1 Å². The maximum atomic E-state index is 13.7. The van der Waals surface area contributed by atoms with Gasteiger partial charge in [-0.25, -0.2) is 9.37 Å². The number of hydrogen-bond donors (Lipinski definition) is 0. The van der Waals surface area contributed by atoms with Gasteiger partial charge in [-0.3, -0.25) is 9.59 Å². The molecule has 0 spiro atoms. The average Bonchev–Trinajstić information content (AvgIpc) is 3.23. The first-order valence-corrected chi connectivity index (χ1v) is 14.1. The number of aromatic nitrogens is 1. The Morgan fingerprint density at radius 3 is 2.41 bits per heavy atom. The van der Waals surface area contributed by atoms with Gasteiger partial charge < -0.3 is 9.64 Å². The van der Waals surface area contributed by atoms with Crippen LogP contribution in [0.1, 0.15) is 56.7 Å². The molecule has 0 radical (unpaired) electrons. The van der Waals surface area contributed by atoms with Gasteiger partial charge in [-0.2, -0.15) is 0 Å². The van der Waals surface area contributed by atoms with Crippen LogP contribution in [0.15, 0.2) is 34.0 Å².